The third kappa shape index (κ3) is 4.21. The standard InChI is InChI=1S/C11H9Cl2FO2/c12-10(13)5-8(6-11(15)16)7-2-1-3-9(14)4-7/h1-5,8H,6H2,(H,15,16). The first-order valence-corrected chi connectivity index (χ1v) is 5.24. The number of carboxylic acids is 1. The molecule has 0 amide bonds. The molecule has 1 aromatic carbocycles. The molecule has 0 fully saturated rings. The van der Waals surface area contributed by atoms with Gasteiger partial charge in [0, 0.05) is 5.92 Å². The molecule has 1 atom stereocenters. The van der Waals surface area contributed by atoms with Gasteiger partial charge in [-0.2, -0.15) is 0 Å². The lowest BCUT2D eigenvalue weighted by Crippen LogP contribution is -2.04. The van der Waals surface area contributed by atoms with Gasteiger partial charge in [0.1, 0.15) is 10.3 Å². The van der Waals surface area contributed by atoms with Gasteiger partial charge in [-0.25, -0.2) is 4.39 Å². The highest BCUT2D eigenvalue weighted by molar-refractivity contribution is 6.55. The molecule has 0 spiro atoms. The molecule has 1 rings (SSSR count). The number of benzene rings is 1. The third-order valence-electron chi connectivity index (χ3n) is 2.00. The fourth-order valence-electron chi connectivity index (χ4n) is 1.35. The number of allylic oxidation sites excluding steroid dienone is 1. The normalized spacial score (nSPS) is 11.9. The summed E-state index contributed by atoms with van der Waals surface area (Å²) in [7, 11) is 0. The zero-order chi connectivity index (χ0) is 12.1. The number of halogens is 3. The van der Waals surface area contributed by atoms with Crippen molar-refractivity contribution in [2.24, 2.45) is 0 Å². The van der Waals surface area contributed by atoms with Crippen LogP contribution in [-0.4, -0.2) is 11.1 Å². The van der Waals surface area contributed by atoms with Gasteiger partial charge >= 0.3 is 5.97 Å². The van der Waals surface area contributed by atoms with Crippen molar-refractivity contribution < 1.29 is 14.3 Å². The van der Waals surface area contributed by atoms with Crippen molar-refractivity contribution in [2.75, 3.05) is 0 Å². The number of hydrogen-bond acceptors (Lipinski definition) is 1. The van der Waals surface area contributed by atoms with Crippen LogP contribution in [0.1, 0.15) is 17.9 Å². The first-order chi connectivity index (χ1) is 7.49. The average Bonchev–Trinajstić information content (AvgIpc) is 2.15. The molecule has 86 valence electrons. The number of rotatable bonds is 4. The summed E-state index contributed by atoms with van der Waals surface area (Å²) in [6.07, 6.45) is 1.19. The Morgan fingerprint density at radius 1 is 1.50 bits per heavy atom. The van der Waals surface area contributed by atoms with Crippen molar-refractivity contribution in [3.8, 4) is 0 Å². The highest BCUT2D eigenvalue weighted by Crippen LogP contribution is 2.25. The third-order valence-corrected chi connectivity index (χ3v) is 2.25. The summed E-state index contributed by atoms with van der Waals surface area (Å²) in [4.78, 5) is 10.6. The van der Waals surface area contributed by atoms with E-state index in [9.17, 15) is 9.18 Å². The lowest BCUT2D eigenvalue weighted by atomic mass is 9.96. The molecule has 0 heterocycles. The Morgan fingerprint density at radius 3 is 2.69 bits per heavy atom. The summed E-state index contributed by atoms with van der Waals surface area (Å²) in [6.45, 7) is 0. The zero-order valence-electron chi connectivity index (χ0n) is 8.16. The van der Waals surface area contributed by atoms with Crippen molar-refractivity contribution in [2.45, 2.75) is 12.3 Å². The minimum atomic E-state index is -1.000. The van der Waals surface area contributed by atoms with Crippen LogP contribution in [0.2, 0.25) is 0 Å². The highest BCUT2D eigenvalue weighted by atomic mass is 35.5. The van der Waals surface area contributed by atoms with E-state index in [0.717, 1.165) is 0 Å². The van der Waals surface area contributed by atoms with Crippen LogP contribution in [0.3, 0.4) is 0 Å². The Balaban J connectivity index is 3.00. The highest BCUT2D eigenvalue weighted by Gasteiger charge is 2.14. The molecule has 1 unspecified atom stereocenters. The molecule has 0 radical (unpaired) electrons. The molecule has 5 heteroatoms. The molecular weight excluding hydrogens is 254 g/mol. The van der Waals surface area contributed by atoms with Gasteiger partial charge in [-0.15, -0.1) is 0 Å². The van der Waals surface area contributed by atoms with E-state index in [1.165, 1.54) is 24.3 Å². The number of carbonyl (C=O) groups is 1. The Morgan fingerprint density at radius 2 is 2.19 bits per heavy atom. The maximum absolute atomic E-state index is 13.0. The first-order valence-electron chi connectivity index (χ1n) is 4.49. The molecule has 1 aromatic rings. The van der Waals surface area contributed by atoms with Gasteiger partial charge in [0.15, 0.2) is 0 Å². The molecule has 0 aliphatic carbocycles. The molecule has 0 saturated heterocycles. The largest absolute Gasteiger partial charge is 0.481 e. The molecule has 1 N–H and O–H groups in total. The zero-order valence-corrected chi connectivity index (χ0v) is 9.67. The molecular formula is C11H9Cl2FO2. The van der Waals surface area contributed by atoms with Crippen LogP contribution in [-0.2, 0) is 4.79 Å². The molecule has 0 aromatic heterocycles. The first kappa shape index (κ1) is 13.0. The summed E-state index contributed by atoms with van der Waals surface area (Å²) >= 11 is 11.0. The Bertz CT molecular complexity index is 414. The van der Waals surface area contributed by atoms with Crippen LogP contribution in [0, 0.1) is 5.82 Å². The van der Waals surface area contributed by atoms with Crippen LogP contribution in [0.5, 0.6) is 0 Å². The lowest BCUT2D eigenvalue weighted by Gasteiger charge is -2.10. The summed E-state index contributed by atoms with van der Waals surface area (Å²) < 4.78 is 12.9. The van der Waals surface area contributed by atoms with E-state index in [0.29, 0.717) is 5.56 Å². The quantitative estimate of drug-likeness (QED) is 0.899. The van der Waals surface area contributed by atoms with E-state index in [4.69, 9.17) is 28.3 Å². The maximum atomic E-state index is 13.0. The fourth-order valence-corrected chi connectivity index (χ4v) is 1.65. The molecule has 2 nitrogen and oxygen atoms in total. The van der Waals surface area contributed by atoms with E-state index >= 15 is 0 Å². The van der Waals surface area contributed by atoms with Gasteiger partial charge in [-0.1, -0.05) is 35.3 Å². The molecule has 0 aliphatic rings. The minimum Gasteiger partial charge on any atom is -0.481 e. The number of aliphatic carboxylic acids is 1. The van der Waals surface area contributed by atoms with Crippen LogP contribution >= 0.6 is 23.2 Å². The topological polar surface area (TPSA) is 37.3 Å². The second-order valence-corrected chi connectivity index (χ2v) is 4.22. The Hall–Kier alpha value is -1.06. The summed E-state index contributed by atoms with van der Waals surface area (Å²) in [6, 6.07) is 5.69. The summed E-state index contributed by atoms with van der Waals surface area (Å²) in [5, 5.41) is 8.72. The van der Waals surface area contributed by atoms with E-state index in [1.807, 2.05) is 0 Å². The maximum Gasteiger partial charge on any atom is 0.304 e. The number of carboxylic acid groups (broad SMARTS) is 1. The van der Waals surface area contributed by atoms with Gasteiger partial charge in [0.05, 0.1) is 6.42 Å². The van der Waals surface area contributed by atoms with Gasteiger partial charge in [0.25, 0.3) is 0 Å². The van der Waals surface area contributed by atoms with Crippen molar-refractivity contribution in [3.63, 3.8) is 0 Å². The smallest absolute Gasteiger partial charge is 0.304 e. The van der Waals surface area contributed by atoms with Crippen LogP contribution in [0.4, 0.5) is 4.39 Å². The van der Waals surface area contributed by atoms with Gasteiger partial charge in [-0.3, -0.25) is 4.79 Å². The summed E-state index contributed by atoms with van der Waals surface area (Å²) in [5.74, 6) is -1.95. The summed E-state index contributed by atoms with van der Waals surface area (Å²) in [5.41, 5.74) is 0.529. The predicted molar refractivity (Wildman–Crippen MR) is 61.2 cm³/mol. The lowest BCUT2D eigenvalue weighted by molar-refractivity contribution is -0.137. The molecule has 0 aliphatic heterocycles. The van der Waals surface area contributed by atoms with E-state index < -0.39 is 17.7 Å². The second-order valence-electron chi connectivity index (χ2n) is 3.22. The van der Waals surface area contributed by atoms with Crippen molar-refractivity contribution >= 4 is 29.2 Å². The van der Waals surface area contributed by atoms with E-state index in [1.54, 1.807) is 6.07 Å². The molecule has 16 heavy (non-hydrogen) atoms. The second kappa shape index (κ2) is 5.87. The van der Waals surface area contributed by atoms with Crippen LogP contribution in [0.25, 0.3) is 0 Å². The van der Waals surface area contributed by atoms with Crippen molar-refractivity contribution in [3.05, 3.63) is 46.2 Å². The Labute approximate surface area is 102 Å². The predicted octanol–water partition coefficient (Wildman–Crippen LogP) is 3.70. The molecule has 0 saturated carbocycles. The fraction of sp³-hybridized carbons (Fsp3) is 0.182. The minimum absolute atomic E-state index is 0.0319. The van der Waals surface area contributed by atoms with Crippen molar-refractivity contribution in [1.29, 1.82) is 0 Å². The number of hydrogen-bond donors (Lipinski definition) is 1. The SMILES string of the molecule is O=C(O)CC(C=C(Cl)Cl)c1cccc(F)c1. The average molecular weight is 263 g/mol. The van der Waals surface area contributed by atoms with Crippen LogP contribution < -0.4 is 0 Å². The van der Waals surface area contributed by atoms with Gasteiger partial charge in [-0.05, 0) is 23.8 Å². The van der Waals surface area contributed by atoms with Crippen molar-refractivity contribution in [1.82, 2.24) is 0 Å². The van der Waals surface area contributed by atoms with Gasteiger partial charge in [0.2, 0.25) is 0 Å². The molecule has 0 bridgehead atoms. The van der Waals surface area contributed by atoms with E-state index in [-0.39, 0.29) is 10.9 Å². The Kier molecular flexibility index (Phi) is 4.77. The van der Waals surface area contributed by atoms with E-state index in [2.05, 4.69) is 0 Å². The monoisotopic (exact) mass is 262 g/mol. The van der Waals surface area contributed by atoms with Crippen LogP contribution in [0.15, 0.2) is 34.8 Å². The van der Waals surface area contributed by atoms with Gasteiger partial charge < -0.3 is 5.11 Å².